The molecule has 1 aliphatic rings. The standard InChI is InChI=1S/C11H20N4O4/c1-14(2)11(18)15-5-3-8(4-6-15)10(17)13-19-7-9(12)16/h8H,3-7H2,1-2H3,(H2,12,16)(H,13,17). The van der Waals surface area contributed by atoms with Gasteiger partial charge in [-0.2, -0.15) is 0 Å². The lowest BCUT2D eigenvalue weighted by molar-refractivity contribution is -0.142. The van der Waals surface area contributed by atoms with Crippen molar-refractivity contribution in [3.63, 3.8) is 0 Å². The number of hydrogen-bond donors (Lipinski definition) is 2. The molecule has 108 valence electrons. The molecule has 19 heavy (non-hydrogen) atoms. The molecule has 1 rings (SSSR count). The van der Waals surface area contributed by atoms with Gasteiger partial charge in [-0.1, -0.05) is 0 Å². The molecule has 1 fully saturated rings. The summed E-state index contributed by atoms with van der Waals surface area (Å²) >= 11 is 0. The van der Waals surface area contributed by atoms with Crippen molar-refractivity contribution in [2.24, 2.45) is 11.7 Å². The monoisotopic (exact) mass is 272 g/mol. The van der Waals surface area contributed by atoms with Crippen LogP contribution in [0.1, 0.15) is 12.8 Å². The topological polar surface area (TPSA) is 105 Å². The minimum atomic E-state index is -0.647. The molecule has 4 amide bonds. The Labute approximate surface area is 111 Å². The van der Waals surface area contributed by atoms with Crippen LogP contribution >= 0.6 is 0 Å². The van der Waals surface area contributed by atoms with Gasteiger partial charge < -0.3 is 15.5 Å². The van der Waals surface area contributed by atoms with E-state index in [0.717, 1.165) is 0 Å². The Morgan fingerprint density at radius 3 is 2.37 bits per heavy atom. The molecule has 0 bridgehead atoms. The van der Waals surface area contributed by atoms with Gasteiger partial charge in [0.2, 0.25) is 11.8 Å². The SMILES string of the molecule is CN(C)C(=O)N1CCC(C(=O)NOCC(N)=O)CC1. The number of carbonyl (C=O) groups is 3. The maximum atomic E-state index is 11.7. The van der Waals surface area contributed by atoms with E-state index in [2.05, 4.69) is 10.3 Å². The van der Waals surface area contributed by atoms with Crippen LogP contribution in [-0.2, 0) is 14.4 Å². The van der Waals surface area contributed by atoms with E-state index in [9.17, 15) is 14.4 Å². The second-order valence-corrected chi connectivity index (χ2v) is 4.66. The highest BCUT2D eigenvalue weighted by Gasteiger charge is 2.28. The van der Waals surface area contributed by atoms with Crippen molar-refractivity contribution >= 4 is 17.8 Å². The molecule has 0 saturated carbocycles. The average molecular weight is 272 g/mol. The van der Waals surface area contributed by atoms with Crippen LogP contribution in [0.25, 0.3) is 0 Å². The molecule has 1 saturated heterocycles. The fourth-order valence-corrected chi connectivity index (χ4v) is 1.88. The van der Waals surface area contributed by atoms with Crippen molar-refractivity contribution < 1.29 is 19.2 Å². The second kappa shape index (κ2) is 6.93. The molecule has 0 atom stereocenters. The van der Waals surface area contributed by atoms with E-state index in [0.29, 0.717) is 25.9 Å². The molecule has 8 heteroatoms. The van der Waals surface area contributed by atoms with Crippen LogP contribution in [0.4, 0.5) is 4.79 Å². The van der Waals surface area contributed by atoms with Gasteiger partial charge >= 0.3 is 6.03 Å². The Morgan fingerprint density at radius 1 is 1.32 bits per heavy atom. The van der Waals surface area contributed by atoms with E-state index in [1.807, 2.05) is 0 Å². The van der Waals surface area contributed by atoms with E-state index in [1.165, 1.54) is 4.90 Å². The van der Waals surface area contributed by atoms with E-state index < -0.39 is 5.91 Å². The molecule has 1 aliphatic heterocycles. The summed E-state index contributed by atoms with van der Waals surface area (Å²) in [5, 5.41) is 0. The van der Waals surface area contributed by atoms with Crippen molar-refractivity contribution in [2.45, 2.75) is 12.8 Å². The van der Waals surface area contributed by atoms with Crippen molar-refractivity contribution in [1.82, 2.24) is 15.3 Å². The summed E-state index contributed by atoms with van der Waals surface area (Å²) in [6, 6.07) is -0.0520. The zero-order chi connectivity index (χ0) is 14.4. The Hall–Kier alpha value is -1.83. The number of nitrogens with two attached hydrogens (primary N) is 1. The van der Waals surface area contributed by atoms with Gasteiger partial charge in [0.05, 0.1) is 0 Å². The third-order valence-electron chi connectivity index (χ3n) is 2.91. The lowest BCUT2D eigenvalue weighted by Crippen LogP contribution is -2.46. The maximum Gasteiger partial charge on any atom is 0.319 e. The highest BCUT2D eigenvalue weighted by atomic mass is 16.7. The van der Waals surface area contributed by atoms with Crippen LogP contribution in [0.5, 0.6) is 0 Å². The largest absolute Gasteiger partial charge is 0.368 e. The molecule has 0 radical (unpaired) electrons. The van der Waals surface area contributed by atoms with E-state index in [1.54, 1.807) is 19.0 Å². The molecule has 0 aliphatic carbocycles. The first kappa shape index (κ1) is 15.2. The molecule has 0 spiro atoms. The van der Waals surface area contributed by atoms with E-state index in [4.69, 9.17) is 5.73 Å². The first-order chi connectivity index (χ1) is 8.91. The van der Waals surface area contributed by atoms with Crippen LogP contribution in [0.2, 0.25) is 0 Å². The lowest BCUT2D eigenvalue weighted by atomic mass is 9.96. The number of urea groups is 1. The molecule has 8 nitrogen and oxygen atoms in total. The fourth-order valence-electron chi connectivity index (χ4n) is 1.88. The predicted molar refractivity (Wildman–Crippen MR) is 66.7 cm³/mol. The maximum absolute atomic E-state index is 11.7. The van der Waals surface area contributed by atoms with E-state index >= 15 is 0 Å². The molecule has 0 aromatic heterocycles. The zero-order valence-corrected chi connectivity index (χ0v) is 11.2. The number of amides is 4. The summed E-state index contributed by atoms with van der Waals surface area (Å²) in [6.45, 7) is 0.722. The highest BCUT2D eigenvalue weighted by Crippen LogP contribution is 2.18. The Bertz CT molecular complexity index is 351. The summed E-state index contributed by atoms with van der Waals surface area (Å²) < 4.78 is 0. The summed E-state index contributed by atoms with van der Waals surface area (Å²) in [5.41, 5.74) is 7.07. The van der Waals surface area contributed by atoms with Crippen LogP contribution in [-0.4, -0.2) is 61.4 Å². The molecule has 1 heterocycles. The third kappa shape index (κ3) is 4.74. The quantitative estimate of drug-likeness (QED) is 0.634. The number of hydrogen-bond acceptors (Lipinski definition) is 4. The van der Waals surface area contributed by atoms with Crippen molar-refractivity contribution in [3.8, 4) is 0 Å². The number of carbonyl (C=O) groups excluding carboxylic acids is 3. The number of piperidine rings is 1. The predicted octanol–water partition coefficient (Wildman–Crippen LogP) is -1.09. The van der Waals surface area contributed by atoms with Crippen molar-refractivity contribution in [2.75, 3.05) is 33.8 Å². The van der Waals surface area contributed by atoms with Gasteiger partial charge in [0, 0.05) is 33.1 Å². The van der Waals surface area contributed by atoms with Crippen LogP contribution in [0.15, 0.2) is 0 Å². The van der Waals surface area contributed by atoms with Crippen LogP contribution < -0.4 is 11.2 Å². The lowest BCUT2D eigenvalue weighted by Gasteiger charge is -2.32. The van der Waals surface area contributed by atoms with Gasteiger partial charge in [-0.05, 0) is 12.8 Å². The van der Waals surface area contributed by atoms with Gasteiger partial charge in [-0.15, -0.1) is 0 Å². The molecule has 0 aromatic rings. The van der Waals surface area contributed by atoms with Gasteiger partial charge in [0.1, 0.15) is 0 Å². The first-order valence-electron chi connectivity index (χ1n) is 6.08. The molecule has 0 unspecified atom stereocenters. The van der Waals surface area contributed by atoms with Crippen molar-refractivity contribution in [3.05, 3.63) is 0 Å². The molecular weight excluding hydrogens is 252 g/mol. The molecular formula is C11H20N4O4. The Morgan fingerprint density at radius 2 is 1.89 bits per heavy atom. The summed E-state index contributed by atoms with van der Waals surface area (Å²) in [4.78, 5) is 41.7. The zero-order valence-electron chi connectivity index (χ0n) is 11.2. The first-order valence-corrected chi connectivity index (χ1v) is 6.08. The number of likely N-dealkylation sites (tertiary alicyclic amines) is 1. The summed E-state index contributed by atoms with van der Waals surface area (Å²) in [6.07, 6.45) is 1.15. The molecule has 3 N–H and O–H groups in total. The molecule has 0 aromatic carbocycles. The number of nitrogens with zero attached hydrogens (tertiary/aromatic N) is 2. The van der Waals surface area contributed by atoms with Gasteiger partial charge in [-0.25, -0.2) is 10.3 Å². The Balaban J connectivity index is 2.31. The minimum Gasteiger partial charge on any atom is -0.368 e. The number of hydroxylamine groups is 1. The average Bonchev–Trinajstić information content (AvgIpc) is 2.37. The minimum absolute atomic E-state index is 0.0520. The van der Waals surface area contributed by atoms with Crippen LogP contribution in [0, 0.1) is 5.92 Å². The number of primary amides is 1. The summed E-state index contributed by atoms with van der Waals surface area (Å²) in [7, 11) is 3.39. The summed E-state index contributed by atoms with van der Waals surface area (Å²) in [5.74, 6) is -1.14. The van der Waals surface area contributed by atoms with Crippen LogP contribution in [0.3, 0.4) is 0 Å². The Kier molecular flexibility index (Phi) is 5.56. The van der Waals surface area contributed by atoms with Gasteiger partial charge in [0.25, 0.3) is 0 Å². The van der Waals surface area contributed by atoms with Gasteiger partial charge in [0.15, 0.2) is 6.61 Å². The van der Waals surface area contributed by atoms with Gasteiger partial charge in [-0.3, -0.25) is 14.4 Å². The third-order valence-corrected chi connectivity index (χ3v) is 2.91. The fraction of sp³-hybridized carbons (Fsp3) is 0.727. The normalized spacial score (nSPS) is 16.0. The van der Waals surface area contributed by atoms with Crippen molar-refractivity contribution in [1.29, 1.82) is 0 Å². The second-order valence-electron chi connectivity index (χ2n) is 4.66. The van der Waals surface area contributed by atoms with E-state index in [-0.39, 0.29) is 24.5 Å². The number of nitrogens with one attached hydrogen (secondary N) is 1. The highest BCUT2D eigenvalue weighted by molar-refractivity contribution is 5.79. The smallest absolute Gasteiger partial charge is 0.319 e. The number of rotatable bonds is 4.